The van der Waals surface area contributed by atoms with Crippen LogP contribution in [0, 0.1) is 0 Å². The van der Waals surface area contributed by atoms with E-state index in [0.29, 0.717) is 12.2 Å². The molecule has 2 unspecified atom stereocenters. The van der Waals surface area contributed by atoms with E-state index in [1.165, 1.54) is 17.7 Å². The fraction of sp³-hybridized carbons (Fsp3) is 0.714. The van der Waals surface area contributed by atoms with Gasteiger partial charge in [0.25, 0.3) is 0 Å². The molecule has 1 aliphatic heterocycles. The van der Waals surface area contributed by atoms with Crippen molar-refractivity contribution in [2.75, 3.05) is 33.7 Å². The van der Waals surface area contributed by atoms with Gasteiger partial charge in [-0.2, -0.15) is 0 Å². The van der Waals surface area contributed by atoms with Gasteiger partial charge < -0.3 is 15.0 Å². The Morgan fingerprint density at radius 1 is 1.44 bits per heavy atom. The fourth-order valence-corrected chi connectivity index (χ4v) is 3.19. The molecule has 0 aromatic carbocycles. The van der Waals surface area contributed by atoms with E-state index in [1.807, 2.05) is 18.4 Å². The highest BCUT2D eigenvalue weighted by atomic mass is 32.1. The molecule has 1 aromatic rings. The average Bonchev–Trinajstić information content (AvgIpc) is 2.99. The lowest BCUT2D eigenvalue weighted by atomic mass is 10.2. The Balaban J connectivity index is 1.64. The van der Waals surface area contributed by atoms with E-state index in [2.05, 4.69) is 34.8 Å². The highest BCUT2D eigenvalue weighted by molar-refractivity contribution is 7.09. The SMILES string of the molecule is CNCC1CCC(CN(C)CCc2cccs2)O1. The summed E-state index contributed by atoms with van der Waals surface area (Å²) >= 11 is 1.85. The maximum Gasteiger partial charge on any atom is 0.0707 e. The molecule has 0 aliphatic carbocycles. The monoisotopic (exact) mass is 268 g/mol. The molecule has 1 saturated heterocycles. The average molecular weight is 268 g/mol. The molecule has 3 nitrogen and oxygen atoms in total. The molecule has 1 aliphatic rings. The van der Waals surface area contributed by atoms with Crippen molar-refractivity contribution in [3.05, 3.63) is 22.4 Å². The van der Waals surface area contributed by atoms with E-state index in [0.717, 1.165) is 26.1 Å². The van der Waals surface area contributed by atoms with E-state index in [-0.39, 0.29) is 0 Å². The first-order chi connectivity index (χ1) is 8.78. The quantitative estimate of drug-likeness (QED) is 0.818. The summed E-state index contributed by atoms with van der Waals surface area (Å²) < 4.78 is 6.01. The van der Waals surface area contributed by atoms with Crippen LogP contribution in [0.4, 0.5) is 0 Å². The Labute approximate surface area is 114 Å². The van der Waals surface area contributed by atoms with Crippen LogP contribution in [-0.4, -0.2) is 50.8 Å². The standard InChI is InChI=1S/C14H24N2OS/c1-15-10-12-5-6-13(17-12)11-16(2)8-7-14-4-3-9-18-14/h3-4,9,12-13,15H,5-8,10-11H2,1-2H3. The number of hydrogen-bond donors (Lipinski definition) is 1. The Hall–Kier alpha value is -0.420. The van der Waals surface area contributed by atoms with Crippen molar-refractivity contribution in [1.29, 1.82) is 0 Å². The highest BCUT2D eigenvalue weighted by Crippen LogP contribution is 2.20. The molecule has 0 amide bonds. The Bertz CT molecular complexity index is 329. The van der Waals surface area contributed by atoms with Gasteiger partial charge in [0.15, 0.2) is 0 Å². The van der Waals surface area contributed by atoms with Gasteiger partial charge in [0.1, 0.15) is 0 Å². The third-order valence-electron chi connectivity index (χ3n) is 3.46. The molecule has 1 fully saturated rings. The molecule has 0 bridgehead atoms. The molecule has 2 atom stereocenters. The topological polar surface area (TPSA) is 24.5 Å². The molecule has 2 rings (SSSR count). The first-order valence-electron chi connectivity index (χ1n) is 6.79. The third-order valence-corrected chi connectivity index (χ3v) is 4.40. The van der Waals surface area contributed by atoms with Crippen LogP contribution in [0.15, 0.2) is 17.5 Å². The second-order valence-electron chi connectivity index (χ2n) is 5.11. The van der Waals surface area contributed by atoms with Crippen LogP contribution in [-0.2, 0) is 11.2 Å². The van der Waals surface area contributed by atoms with Crippen molar-refractivity contribution in [3.8, 4) is 0 Å². The zero-order valence-corrected chi connectivity index (χ0v) is 12.2. The van der Waals surface area contributed by atoms with Crippen molar-refractivity contribution in [1.82, 2.24) is 10.2 Å². The zero-order chi connectivity index (χ0) is 12.8. The van der Waals surface area contributed by atoms with Gasteiger partial charge in [-0.05, 0) is 44.8 Å². The van der Waals surface area contributed by atoms with Gasteiger partial charge in [-0.25, -0.2) is 0 Å². The molecule has 18 heavy (non-hydrogen) atoms. The summed E-state index contributed by atoms with van der Waals surface area (Å²) in [6.07, 6.45) is 4.41. The second-order valence-corrected chi connectivity index (χ2v) is 6.14. The van der Waals surface area contributed by atoms with Crippen molar-refractivity contribution in [2.24, 2.45) is 0 Å². The molecule has 2 heterocycles. The van der Waals surface area contributed by atoms with Gasteiger partial charge in [0, 0.05) is 24.5 Å². The van der Waals surface area contributed by atoms with Gasteiger partial charge in [-0.15, -0.1) is 11.3 Å². The normalized spacial score (nSPS) is 23.9. The van der Waals surface area contributed by atoms with Crippen molar-refractivity contribution in [3.63, 3.8) is 0 Å². The van der Waals surface area contributed by atoms with Crippen LogP contribution in [0.5, 0.6) is 0 Å². The predicted octanol–water partition coefficient (Wildman–Crippen LogP) is 1.99. The summed E-state index contributed by atoms with van der Waals surface area (Å²) in [6, 6.07) is 4.34. The van der Waals surface area contributed by atoms with E-state index in [9.17, 15) is 0 Å². The summed E-state index contributed by atoms with van der Waals surface area (Å²) in [5, 5.41) is 5.34. The summed E-state index contributed by atoms with van der Waals surface area (Å²) in [7, 11) is 4.19. The largest absolute Gasteiger partial charge is 0.372 e. The lowest BCUT2D eigenvalue weighted by molar-refractivity contribution is 0.0290. The van der Waals surface area contributed by atoms with Crippen LogP contribution in [0.3, 0.4) is 0 Å². The van der Waals surface area contributed by atoms with Gasteiger partial charge in [-0.1, -0.05) is 6.07 Å². The molecular weight excluding hydrogens is 244 g/mol. The molecule has 0 saturated carbocycles. The predicted molar refractivity (Wildman–Crippen MR) is 77.3 cm³/mol. The summed E-state index contributed by atoms with van der Waals surface area (Å²) in [5.41, 5.74) is 0. The van der Waals surface area contributed by atoms with Crippen LogP contribution < -0.4 is 5.32 Å². The molecule has 1 aromatic heterocycles. The van der Waals surface area contributed by atoms with E-state index >= 15 is 0 Å². The maximum absolute atomic E-state index is 6.01. The lowest BCUT2D eigenvalue weighted by Gasteiger charge is -2.21. The minimum Gasteiger partial charge on any atom is -0.372 e. The van der Waals surface area contributed by atoms with Crippen LogP contribution in [0.1, 0.15) is 17.7 Å². The molecule has 1 N–H and O–H groups in total. The Kier molecular flexibility index (Phi) is 5.63. The molecular formula is C14H24N2OS. The minimum absolute atomic E-state index is 0.422. The second kappa shape index (κ2) is 7.24. The van der Waals surface area contributed by atoms with Crippen molar-refractivity contribution in [2.45, 2.75) is 31.5 Å². The summed E-state index contributed by atoms with van der Waals surface area (Å²) in [5.74, 6) is 0. The molecule has 0 radical (unpaired) electrons. The zero-order valence-electron chi connectivity index (χ0n) is 11.4. The minimum atomic E-state index is 0.422. The van der Waals surface area contributed by atoms with E-state index in [1.54, 1.807) is 0 Å². The van der Waals surface area contributed by atoms with Crippen molar-refractivity contribution >= 4 is 11.3 Å². The smallest absolute Gasteiger partial charge is 0.0707 e. The summed E-state index contributed by atoms with van der Waals surface area (Å²) in [4.78, 5) is 3.87. The van der Waals surface area contributed by atoms with Crippen molar-refractivity contribution < 1.29 is 4.74 Å². The Morgan fingerprint density at radius 3 is 3.00 bits per heavy atom. The number of hydrogen-bond acceptors (Lipinski definition) is 4. The Morgan fingerprint density at radius 2 is 2.28 bits per heavy atom. The number of nitrogens with one attached hydrogen (secondary N) is 1. The van der Waals surface area contributed by atoms with Gasteiger partial charge in [0.05, 0.1) is 12.2 Å². The van der Waals surface area contributed by atoms with Crippen LogP contribution in [0.2, 0.25) is 0 Å². The first kappa shape index (κ1) is 14.0. The lowest BCUT2D eigenvalue weighted by Crippen LogP contribution is -2.32. The number of ether oxygens (including phenoxy) is 1. The van der Waals surface area contributed by atoms with Crippen LogP contribution in [0.25, 0.3) is 0 Å². The van der Waals surface area contributed by atoms with Gasteiger partial charge >= 0.3 is 0 Å². The van der Waals surface area contributed by atoms with Gasteiger partial charge in [0.2, 0.25) is 0 Å². The first-order valence-corrected chi connectivity index (χ1v) is 7.67. The van der Waals surface area contributed by atoms with E-state index in [4.69, 9.17) is 4.74 Å². The number of thiophene rings is 1. The van der Waals surface area contributed by atoms with Crippen LogP contribution >= 0.6 is 11.3 Å². The third kappa shape index (κ3) is 4.35. The van der Waals surface area contributed by atoms with Gasteiger partial charge in [-0.3, -0.25) is 0 Å². The molecule has 4 heteroatoms. The molecule has 102 valence electrons. The van der Waals surface area contributed by atoms with E-state index < -0.39 is 0 Å². The molecule has 0 spiro atoms. The number of nitrogens with zero attached hydrogens (tertiary/aromatic N) is 1. The maximum atomic E-state index is 6.01. The fourth-order valence-electron chi connectivity index (χ4n) is 2.49. The summed E-state index contributed by atoms with van der Waals surface area (Å²) in [6.45, 7) is 3.16. The number of rotatable bonds is 7. The number of likely N-dealkylation sites (N-methyl/N-ethyl adjacent to an activating group) is 2. The highest BCUT2D eigenvalue weighted by Gasteiger charge is 2.25.